The molecule has 0 aromatic heterocycles. The summed E-state index contributed by atoms with van der Waals surface area (Å²) in [6.07, 6.45) is 19.8. The molecule has 2 saturated carbocycles. The van der Waals surface area contributed by atoms with E-state index < -0.39 is 11.6 Å². The van der Waals surface area contributed by atoms with Crippen molar-refractivity contribution in [3.05, 3.63) is 76.6 Å². The molecule has 2 fully saturated rings. The molecule has 0 saturated heterocycles. The normalized spacial score (nSPS) is 28.2. The van der Waals surface area contributed by atoms with Crippen molar-refractivity contribution in [2.75, 3.05) is 0 Å². The molecule has 1 unspecified atom stereocenters. The largest absolute Gasteiger partial charge is 0.207 e. The molecule has 2 aromatic rings. The summed E-state index contributed by atoms with van der Waals surface area (Å²) in [6, 6.07) is 9.86. The van der Waals surface area contributed by atoms with Crippen LogP contribution in [0, 0.1) is 35.2 Å². The number of benzene rings is 2. The maximum absolute atomic E-state index is 15.3. The molecular formula is C35H45F3. The number of rotatable bonds is 8. The van der Waals surface area contributed by atoms with Crippen LogP contribution < -0.4 is 0 Å². The summed E-state index contributed by atoms with van der Waals surface area (Å²) in [5.41, 5.74) is 2.88. The predicted molar refractivity (Wildman–Crippen MR) is 152 cm³/mol. The number of allylic oxidation sites excluding steroid dienone is 2. The highest BCUT2D eigenvalue weighted by Crippen LogP contribution is 2.45. The molecule has 3 aliphatic rings. The van der Waals surface area contributed by atoms with Gasteiger partial charge in [-0.05, 0) is 128 Å². The quantitative estimate of drug-likeness (QED) is 0.302. The lowest BCUT2D eigenvalue weighted by molar-refractivity contribution is 0.155. The van der Waals surface area contributed by atoms with Crippen LogP contribution in [0.5, 0.6) is 0 Å². The molecule has 0 bridgehead atoms. The van der Waals surface area contributed by atoms with Crippen molar-refractivity contribution in [1.82, 2.24) is 0 Å². The van der Waals surface area contributed by atoms with E-state index >= 15 is 8.78 Å². The first-order valence-electron chi connectivity index (χ1n) is 15.5. The first kappa shape index (κ1) is 27.5. The van der Waals surface area contributed by atoms with E-state index in [1.165, 1.54) is 76.3 Å². The average molecular weight is 523 g/mol. The molecular weight excluding hydrogens is 477 g/mol. The van der Waals surface area contributed by atoms with Gasteiger partial charge < -0.3 is 0 Å². The lowest BCUT2D eigenvalue weighted by atomic mass is 9.68. The van der Waals surface area contributed by atoms with Crippen LogP contribution in [0.25, 0.3) is 5.57 Å². The van der Waals surface area contributed by atoms with Gasteiger partial charge >= 0.3 is 0 Å². The van der Waals surface area contributed by atoms with Crippen LogP contribution in [0.2, 0.25) is 0 Å². The van der Waals surface area contributed by atoms with Gasteiger partial charge in [-0.2, -0.15) is 0 Å². The van der Waals surface area contributed by atoms with E-state index in [0.29, 0.717) is 6.42 Å². The lowest BCUT2D eigenvalue weighted by Crippen LogP contribution is -2.25. The van der Waals surface area contributed by atoms with Gasteiger partial charge in [-0.3, -0.25) is 0 Å². The average Bonchev–Trinajstić information content (AvgIpc) is 2.94. The van der Waals surface area contributed by atoms with E-state index in [1.807, 2.05) is 18.2 Å². The summed E-state index contributed by atoms with van der Waals surface area (Å²) in [4.78, 5) is 0. The van der Waals surface area contributed by atoms with Crippen LogP contribution in [-0.2, 0) is 0 Å². The molecule has 0 heterocycles. The summed E-state index contributed by atoms with van der Waals surface area (Å²) in [6.45, 7) is 2.28. The zero-order valence-electron chi connectivity index (χ0n) is 23.2. The summed E-state index contributed by atoms with van der Waals surface area (Å²) < 4.78 is 43.9. The first-order chi connectivity index (χ1) is 18.5. The minimum absolute atomic E-state index is 0.163. The van der Waals surface area contributed by atoms with Crippen LogP contribution in [0.4, 0.5) is 13.2 Å². The van der Waals surface area contributed by atoms with Crippen molar-refractivity contribution in [2.24, 2.45) is 17.8 Å². The molecule has 5 rings (SSSR count). The van der Waals surface area contributed by atoms with Crippen molar-refractivity contribution >= 4 is 5.57 Å². The maximum Gasteiger partial charge on any atom is 0.133 e. The zero-order chi connectivity index (χ0) is 26.5. The smallest absolute Gasteiger partial charge is 0.133 e. The fourth-order valence-electron chi connectivity index (χ4n) is 7.79. The van der Waals surface area contributed by atoms with E-state index in [0.717, 1.165) is 60.1 Å². The van der Waals surface area contributed by atoms with Crippen molar-refractivity contribution < 1.29 is 13.2 Å². The first-order valence-corrected chi connectivity index (χ1v) is 15.5. The summed E-state index contributed by atoms with van der Waals surface area (Å²) in [7, 11) is 0. The number of unbranched alkanes of at least 4 members (excludes halogenated alkanes) is 2. The Hall–Kier alpha value is -2.03. The van der Waals surface area contributed by atoms with Crippen molar-refractivity contribution in [3.8, 4) is 0 Å². The van der Waals surface area contributed by atoms with Gasteiger partial charge in [-0.25, -0.2) is 13.2 Å². The van der Waals surface area contributed by atoms with Crippen molar-refractivity contribution in [3.63, 3.8) is 0 Å². The van der Waals surface area contributed by atoms with Gasteiger partial charge in [0.2, 0.25) is 0 Å². The van der Waals surface area contributed by atoms with E-state index in [9.17, 15) is 4.39 Å². The second kappa shape index (κ2) is 12.9. The Morgan fingerprint density at radius 2 is 1.32 bits per heavy atom. The summed E-state index contributed by atoms with van der Waals surface area (Å²) in [5, 5.41) is 0. The topological polar surface area (TPSA) is 0 Å². The number of halogens is 3. The van der Waals surface area contributed by atoms with Gasteiger partial charge in [-0.15, -0.1) is 0 Å². The Labute approximate surface area is 228 Å². The minimum Gasteiger partial charge on any atom is -0.207 e. The third kappa shape index (κ3) is 6.57. The van der Waals surface area contributed by atoms with Gasteiger partial charge in [0, 0.05) is 5.56 Å². The van der Waals surface area contributed by atoms with Crippen molar-refractivity contribution in [2.45, 2.75) is 115 Å². The van der Waals surface area contributed by atoms with Gasteiger partial charge in [-0.1, -0.05) is 63.7 Å². The van der Waals surface area contributed by atoms with Gasteiger partial charge in [0.15, 0.2) is 0 Å². The molecule has 1 atom stereocenters. The summed E-state index contributed by atoms with van der Waals surface area (Å²) in [5.74, 6) is 2.12. The maximum atomic E-state index is 15.3. The van der Waals surface area contributed by atoms with Crippen LogP contribution in [0.1, 0.15) is 132 Å². The van der Waals surface area contributed by atoms with E-state index in [4.69, 9.17) is 0 Å². The molecule has 3 aliphatic carbocycles. The Balaban J connectivity index is 1.15. The fourth-order valence-corrected chi connectivity index (χ4v) is 7.79. The Morgan fingerprint density at radius 1 is 0.684 bits per heavy atom. The molecule has 0 spiro atoms. The zero-order valence-corrected chi connectivity index (χ0v) is 23.2. The second-order valence-corrected chi connectivity index (χ2v) is 12.5. The van der Waals surface area contributed by atoms with Gasteiger partial charge in [0.1, 0.15) is 17.5 Å². The van der Waals surface area contributed by atoms with Gasteiger partial charge in [0.25, 0.3) is 0 Å². The van der Waals surface area contributed by atoms with E-state index in [2.05, 4.69) is 6.92 Å². The highest BCUT2D eigenvalue weighted by molar-refractivity contribution is 5.68. The molecule has 0 nitrogen and oxygen atoms in total. The monoisotopic (exact) mass is 522 g/mol. The van der Waals surface area contributed by atoms with Crippen molar-refractivity contribution in [1.29, 1.82) is 0 Å². The highest BCUT2D eigenvalue weighted by atomic mass is 19.1. The SMILES string of the molecule is CCCCCC1CCC(C2CCC(c3cc(F)c(C4=CCC(c5ccc(F)cc5)CC4)c(F)c3)CC2)CC1. The minimum atomic E-state index is -0.407. The number of hydrogen-bond donors (Lipinski definition) is 0. The summed E-state index contributed by atoms with van der Waals surface area (Å²) >= 11 is 0. The highest BCUT2D eigenvalue weighted by Gasteiger charge is 2.32. The fraction of sp³-hybridized carbons (Fsp3) is 0.600. The van der Waals surface area contributed by atoms with Crippen LogP contribution >= 0.6 is 0 Å². The van der Waals surface area contributed by atoms with Gasteiger partial charge in [0.05, 0.1) is 0 Å². The van der Waals surface area contributed by atoms with E-state index in [1.54, 1.807) is 12.1 Å². The molecule has 3 heteroatoms. The molecule has 0 aliphatic heterocycles. The molecule has 0 N–H and O–H groups in total. The lowest BCUT2D eigenvalue weighted by Gasteiger charge is -2.38. The molecule has 2 aromatic carbocycles. The third-order valence-electron chi connectivity index (χ3n) is 10.2. The molecule has 0 amide bonds. The Kier molecular flexibility index (Phi) is 9.33. The standard InChI is InChI=1S/C35H45F3/c1-2-3-4-5-24-6-8-25(9-7-24)26-10-12-29(13-11-26)31-22-33(37)35(34(38)23-31)30-16-14-27(15-17-30)28-18-20-32(36)21-19-28/h16,18-27,29H,2-15,17H2,1H3. The number of hydrogen-bond acceptors (Lipinski definition) is 0. The third-order valence-corrected chi connectivity index (χ3v) is 10.2. The molecule has 38 heavy (non-hydrogen) atoms. The molecule has 206 valence electrons. The van der Waals surface area contributed by atoms with E-state index in [-0.39, 0.29) is 23.2 Å². The Morgan fingerprint density at radius 3 is 1.89 bits per heavy atom. The van der Waals surface area contributed by atoms with Crippen LogP contribution in [0.15, 0.2) is 42.5 Å². The predicted octanol–water partition coefficient (Wildman–Crippen LogP) is 11.1. The van der Waals surface area contributed by atoms with Crippen LogP contribution in [0.3, 0.4) is 0 Å². The van der Waals surface area contributed by atoms with Crippen LogP contribution in [-0.4, -0.2) is 0 Å². The molecule has 0 radical (unpaired) electrons. The second-order valence-electron chi connectivity index (χ2n) is 12.5. The Bertz CT molecular complexity index is 1050.